The topological polar surface area (TPSA) is 20.2 Å². The van der Waals surface area contributed by atoms with Crippen LogP contribution in [0.3, 0.4) is 0 Å². The van der Waals surface area contributed by atoms with E-state index < -0.39 is 0 Å². The molecule has 2 rings (SSSR count). The Morgan fingerprint density at radius 3 is 1.86 bits per heavy atom. The number of benzene rings is 1. The maximum Gasteiger partial charge on any atom is 0.115 e. The van der Waals surface area contributed by atoms with Crippen LogP contribution < -0.4 is 0 Å². The van der Waals surface area contributed by atoms with Gasteiger partial charge in [0, 0.05) is 21.7 Å². The molecule has 1 aromatic carbocycles. The van der Waals surface area contributed by atoms with Crippen LogP contribution in [0.15, 0.2) is 24.3 Å². The molecule has 0 amide bonds. The molecular weight excluding hydrogens is 208 g/mol. The molecule has 1 saturated carbocycles. The third-order valence-corrected chi connectivity index (χ3v) is 2.10. The van der Waals surface area contributed by atoms with Crippen LogP contribution in [0.25, 0.3) is 0 Å². The number of aromatic hydroxyl groups is 1. The fourth-order valence-electron chi connectivity index (χ4n) is 1.27. The van der Waals surface area contributed by atoms with E-state index in [0.29, 0.717) is 5.75 Å². The smallest absolute Gasteiger partial charge is 0.115 e. The van der Waals surface area contributed by atoms with E-state index in [1.807, 2.05) is 19.1 Å². The summed E-state index contributed by atoms with van der Waals surface area (Å²) in [6.45, 7) is 1.99. The van der Waals surface area contributed by atoms with Gasteiger partial charge in [0.25, 0.3) is 0 Å². The predicted molar refractivity (Wildman–Crippen MR) is 55.6 cm³/mol. The number of aryl methyl sites for hydroxylation is 1. The molecule has 0 atom stereocenters. The van der Waals surface area contributed by atoms with E-state index >= 15 is 0 Å². The predicted octanol–water partition coefficient (Wildman–Crippen LogP) is 3.46. The summed E-state index contributed by atoms with van der Waals surface area (Å²) in [6.07, 6.45) is 8.00. The van der Waals surface area contributed by atoms with Gasteiger partial charge in [-0.25, -0.2) is 0 Å². The zero-order valence-corrected chi connectivity index (χ0v) is 10.2. The SMILES string of the molecule is Cc1ccc(O)cc1.[CH-]1CCCC1.[Ti]. The van der Waals surface area contributed by atoms with E-state index in [0.717, 1.165) is 0 Å². The Morgan fingerprint density at radius 2 is 1.57 bits per heavy atom. The van der Waals surface area contributed by atoms with Gasteiger partial charge in [0.15, 0.2) is 0 Å². The fraction of sp³-hybridized carbons (Fsp3) is 0.417. The van der Waals surface area contributed by atoms with E-state index in [4.69, 9.17) is 5.11 Å². The van der Waals surface area contributed by atoms with E-state index in [-0.39, 0.29) is 21.7 Å². The van der Waals surface area contributed by atoms with Gasteiger partial charge in [-0.05, 0) is 19.1 Å². The first-order valence-corrected chi connectivity index (χ1v) is 4.86. The van der Waals surface area contributed by atoms with E-state index in [9.17, 15) is 0 Å². The van der Waals surface area contributed by atoms with Crippen LogP contribution in [0.1, 0.15) is 31.2 Å². The average molecular weight is 225 g/mol. The second-order valence-corrected chi connectivity index (χ2v) is 3.41. The summed E-state index contributed by atoms with van der Waals surface area (Å²) in [6, 6.07) is 7.09. The molecule has 76 valence electrons. The Balaban J connectivity index is 0.000000246. The van der Waals surface area contributed by atoms with E-state index in [1.165, 1.54) is 31.2 Å². The minimum Gasteiger partial charge on any atom is -0.508 e. The first-order chi connectivity index (χ1) is 6.29. The van der Waals surface area contributed by atoms with Crippen molar-refractivity contribution in [2.45, 2.75) is 32.6 Å². The first kappa shape index (κ1) is 13.7. The largest absolute Gasteiger partial charge is 0.508 e. The molecule has 1 fully saturated rings. The molecule has 0 radical (unpaired) electrons. The quantitative estimate of drug-likeness (QED) is 0.529. The summed E-state index contributed by atoms with van der Waals surface area (Å²) in [5.74, 6) is 0.329. The third kappa shape index (κ3) is 6.23. The van der Waals surface area contributed by atoms with Crippen LogP contribution in [0.4, 0.5) is 0 Å². The zero-order valence-electron chi connectivity index (χ0n) is 8.66. The second-order valence-electron chi connectivity index (χ2n) is 3.41. The fourth-order valence-corrected chi connectivity index (χ4v) is 1.27. The van der Waals surface area contributed by atoms with Gasteiger partial charge in [0.1, 0.15) is 5.75 Å². The molecule has 14 heavy (non-hydrogen) atoms. The first-order valence-electron chi connectivity index (χ1n) is 4.86. The standard InChI is InChI=1S/C7H8O.C5H9.Ti/c1-6-2-4-7(8)5-3-6;1-2-4-5-3-1;/h2-5,8H,1H3;1H,2-5H2;/q;-1;. The van der Waals surface area contributed by atoms with Gasteiger partial charge in [-0.1, -0.05) is 30.5 Å². The molecule has 0 aliphatic heterocycles. The van der Waals surface area contributed by atoms with Crippen molar-refractivity contribution >= 4 is 0 Å². The summed E-state index contributed by atoms with van der Waals surface area (Å²) >= 11 is 0. The van der Waals surface area contributed by atoms with Crippen molar-refractivity contribution < 1.29 is 26.8 Å². The molecule has 2 heteroatoms. The Hall–Kier alpha value is -0.266. The number of rotatable bonds is 0. The third-order valence-electron chi connectivity index (χ3n) is 2.10. The maximum atomic E-state index is 8.76. The van der Waals surface area contributed by atoms with Crippen molar-refractivity contribution in [3.05, 3.63) is 36.2 Å². The molecule has 0 unspecified atom stereocenters. The van der Waals surface area contributed by atoms with Crippen molar-refractivity contribution in [1.29, 1.82) is 0 Å². The molecule has 1 aromatic rings. The number of hydrogen-bond acceptors (Lipinski definition) is 1. The number of hydrogen-bond donors (Lipinski definition) is 1. The molecule has 1 N–H and O–H groups in total. The van der Waals surface area contributed by atoms with Crippen molar-refractivity contribution in [2.24, 2.45) is 0 Å². The minimum absolute atomic E-state index is 0. The van der Waals surface area contributed by atoms with Crippen molar-refractivity contribution in [3.8, 4) is 5.75 Å². The Kier molecular flexibility index (Phi) is 7.92. The van der Waals surface area contributed by atoms with Crippen LogP contribution in [-0.2, 0) is 21.7 Å². The van der Waals surface area contributed by atoms with Gasteiger partial charge >= 0.3 is 0 Å². The van der Waals surface area contributed by atoms with E-state index in [2.05, 4.69) is 6.42 Å². The van der Waals surface area contributed by atoms with Crippen LogP contribution in [0.5, 0.6) is 5.75 Å². The average Bonchev–Trinajstić information content (AvgIpc) is 2.68. The van der Waals surface area contributed by atoms with Crippen LogP contribution in [-0.4, -0.2) is 5.11 Å². The second kappa shape index (κ2) is 8.08. The van der Waals surface area contributed by atoms with Crippen LogP contribution >= 0.6 is 0 Å². The molecule has 1 aliphatic rings. The molecule has 0 aromatic heterocycles. The summed E-state index contributed by atoms with van der Waals surface area (Å²) in [7, 11) is 0. The normalized spacial score (nSPS) is 13.8. The molecule has 1 aliphatic carbocycles. The molecular formula is C12H17OTi-. The molecule has 1 nitrogen and oxygen atoms in total. The van der Waals surface area contributed by atoms with Crippen molar-refractivity contribution in [1.82, 2.24) is 0 Å². The Labute approximate surface area is 101 Å². The Bertz CT molecular complexity index is 198. The van der Waals surface area contributed by atoms with Gasteiger partial charge in [0.05, 0.1) is 0 Å². The van der Waals surface area contributed by atoms with Gasteiger partial charge < -0.3 is 11.5 Å². The molecule has 0 spiro atoms. The number of phenolic OH excluding ortho intramolecular Hbond substituents is 1. The monoisotopic (exact) mass is 225 g/mol. The summed E-state index contributed by atoms with van der Waals surface area (Å²) < 4.78 is 0. The zero-order chi connectivity index (χ0) is 9.52. The number of phenols is 1. The maximum absolute atomic E-state index is 8.76. The summed E-state index contributed by atoms with van der Waals surface area (Å²) in [5, 5.41) is 8.76. The van der Waals surface area contributed by atoms with Gasteiger partial charge in [-0.3, -0.25) is 0 Å². The van der Waals surface area contributed by atoms with Crippen LogP contribution in [0.2, 0.25) is 0 Å². The molecule has 0 saturated heterocycles. The minimum atomic E-state index is 0. The van der Waals surface area contributed by atoms with Gasteiger partial charge in [0.2, 0.25) is 0 Å². The molecule has 0 bridgehead atoms. The summed E-state index contributed by atoms with van der Waals surface area (Å²) in [4.78, 5) is 0. The molecule has 0 heterocycles. The van der Waals surface area contributed by atoms with Crippen molar-refractivity contribution in [2.75, 3.05) is 0 Å². The van der Waals surface area contributed by atoms with Gasteiger partial charge in [-0.15, -0.1) is 0 Å². The van der Waals surface area contributed by atoms with Crippen LogP contribution in [0, 0.1) is 13.3 Å². The van der Waals surface area contributed by atoms with Gasteiger partial charge in [-0.2, -0.15) is 12.8 Å². The Morgan fingerprint density at radius 1 is 1.07 bits per heavy atom. The van der Waals surface area contributed by atoms with Crippen molar-refractivity contribution in [3.63, 3.8) is 0 Å². The van der Waals surface area contributed by atoms with E-state index in [1.54, 1.807) is 12.1 Å². The summed E-state index contributed by atoms with van der Waals surface area (Å²) in [5.41, 5.74) is 1.17.